The number of carbonyl (C=O) groups is 2. The Hall–Kier alpha value is -2.31. The van der Waals surface area contributed by atoms with Gasteiger partial charge in [-0.05, 0) is 67.7 Å². The van der Waals surface area contributed by atoms with Gasteiger partial charge in [-0.25, -0.2) is 0 Å². The lowest BCUT2D eigenvalue weighted by molar-refractivity contribution is -0.134. The highest BCUT2D eigenvalue weighted by Gasteiger charge is 2.48. The Morgan fingerprint density at radius 1 is 1.22 bits per heavy atom. The molecule has 1 aromatic carbocycles. The number of hydrogen-bond acceptors (Lipinski definition) is 3. The van der Waals surface area contributed by atoms with Gasteiger partial charge in [0.05, 0.1) is 16.8 Å². The Labute approximate surface area is 197 Å². The number of rotatable bonds is 4. The van der Waals surface area contributed by atoms with Crippen molar-refractivity contribution in [1.29, 1.82) is 0 Å². The van der Waals surface area contributed by atoms with E-state index in [1.54, 1.807) is 16.2 Å². The molecule has 1 N–H and O–H groups in total. The number of nitrogens with zero attached hydrogens (tertiary/aromatic N) is 2. The molecule has 2 aromatic heterocycles. The zero-order valence-corrected chi connectivity index (χ0v) is 20.0. The van der Waals surface area contributed by atoms with Crippen molar-refractivity contribution < 1.29 is 9.59 Å². The number of thiophene rings is 1. The Bertz CT molecular complexity index is 1180. The Balaban J connectivity index is 1.52. The maximum absolute atomic E-state index is 13.8. The summed E-state index contributed by atoms with van der Waals surface area (Å²) in [5, 5.41) is 5.92. The molecule has 5 rings (SSSR count). The van der Waals surface area contributed by atoms with E-state index in [0.29, 0.717) is 29.7 Å². The van der Waals surface area contributed by atoms with Gasteiger partial charge in [-0.15, -0.1) is 11.3 Å². The average molecular weight is 470 g/mol. The molecule has 1 aliphatic carbocycles. The van der Waals surface area contributed by atoms with Gasteiger partial charge in [-0.3, -0.25) is 9.59 Å². The van der Waals surface area contributed by atoms with Gasteiger partial charge >= 0.3 is 0 Å². The summed E-state index contributed by atoms with van der Waals surface area (Å²) in [6.45, 7) is 4.88. The lowest BCUT2D eigenvalue weighted by atomic mass is 9.86. The molecule has 1 fully saturated rings. The molecular formula is C25H28ClN3O2S. The number of halogens is 1. The molecule has 1 unspecified atom stereocenters. The summed E-state index contributed by atoms with van der Waals surface area (Å²) in [7, 11) is 0. The van der Waals surface area contributed by atoms with E-state index < -0.39 is 5.54 Å². The predicted octanol–water partition coefficient (Wildman–Crippen LogP) is 5.47. The predicted molar refractivity (Wildman–Crippen MR) is 129 cm³/mol. The molecule has 1 atom stereocenters. The number of carbonyl (C=O) groups excluding carboxylic acids is 2. The summed E-state index contributed by atoms with van der Waals surface area (Å²) in [4.78, 5) is 29.2. The van der Waals surface area contributed by atoms with Gasteiger partial charge in [-0.1, -0.05) is 36.7 Å². The summed E-state index contributed by atoms with van der Waals surface area (Å²) >= 11 is 8.05. The first kappa shape index (κ1) is 21.5. The van der Waals surface area contributed by atoms with Crippen molar-refractivity contribution in [2.45, 2.75) is 64.2 Å². The van der Waals surface area contributed by atoms with Crippen LogP contribution in [0, 0.1) is 5.92 Å². The van der Waals surface area contributed by atoms with Gasteiger partial charge < -0.3 is 14.8 Å². The smallest absolute Gasteiger partial charge is 0.271 e. The molecule has 0 spiro atoms. The minimum Gasteiger partial charge on any atom is -0.351 e. The molecule has 3 aromatic rings. The second-order valence-electron chi connectivity index (χ2n) is 9.47. The van der Waals surface area contributed by atoms with E-state index in [0.717, 1.165) is 41.5 Å². The van der Waals surface area contributed by atoms with Gasteiger partial charge in [0.2, 0.25) is 5.91 Å². The van der Waals surface area contributed by atoms with Crippen molar-refractivity contribution in [3.8, 4) is 0 Å². The fraction of sp³-hybridized carbons (Fsp3) is 0.440. The van der Waals surface area contributed by atoms with E-state index in [9.17, 15) is 9.59 Å². The molecule has 7 heteroatoms. The van der Waals surface area contributed by atoms with Crippen LogP contribution in [-0.2, 0) is 17.9 Å². The van der Waals surface area contributed by atoms with Crippen LogP contribution in [0.5, 0.6) is 0 Å². The number of amides is 2. The highest BCUT2D eigenvalue weighted by atomic mass is 35.5. The van der Waals surface area contributed by atoms with Crippen molar-refractivity contribution in [3.63, 3.8) is 0 Å². The fourth-order valence-corrected chi connectivity index (χ4v) is 6.08. The Morgan fingerprint density at radius 3 is 2.72 bits per heavy atom. The SMILES string of the molecule is CC1CCC(NC(=O)C2(C)Cn3c(cc4sccc43)C(=O)N2Cc2ccccc2Cl)CC1. The first-order valence-corrected chi connectivity index (χ1v) is 12.6. The number of fused-ring (bicyclic) bond motifs is 3. The molecule has 1 aliphatic heterocycles. The maximum Gasteiger partial charge on any atom is 0.271 e. The lowest BCUT2D eigenvalue weighted by Crippen LogP contribution is -2.64. The molecule has 32 heavy (non-hydrogen) atoms. The van der Waals surface area contributed by atoms with E-state index in [1.165, 1.54) is 0 Å². The van der Waals surface area contributed by atoms with Gasteiger partial charge in [0, 0.05) is 17.6 Å². The summed E-state index contributed by atoms with van der Waals surface area (Å²) in [6.07, 6.45) is 4.23. The molecule has 0 radical (unpaired) electrons. The van der Waals surface area contributed by atoms with Crippen LogP contribution in [0.1, 0.15) is 55.6 Å². The van der Waals surface area contributed by atoms with Crippen molar-refractivity contribution >= 4 is 45.0 Å². The first-order chi connectivity index (χ1) is 15.4. The van der Waals surface area contributed by atoms with E-state index in [1.807, 2.05) is 53.3 Å². The molecule has 2 aliphatic rings. The molecule has 2 amide bonds. The second-order valence-corrected chi connectivity index (χ2v) is 10.8. The molecule has 5 nitrogen and oxygen atoms in total. The van der Waals surface area contributed by atoms with Crippen LogP contribution in [0.15, 0.2) is 41.8 Å². The topological polar surface area (TPSA) is 54.3 Å². The number of nitrogens with one attached hydrogen (secondary N) is 1. The third kappa shape index (κ3) is 3.63. The second kappa shape index (κ2) is 8.23. The van der Waals surface area contributed by atoms with Crippen molar-refractivity contribution in [2.75, 3.05) is 0 Å². The minimum atomic E-state index is -1.01. The van der Waals surface area contributed by atoms with Gasteiger partial charge in [-0.2, -0.15) is 0 Å². The van der Waals surface area contributed by atoms with Crippen molar-refractivity contribution in [2.24, 2.45) is 5.92 Å². The number of hydrogen-bond donors (Lipinski definition) is 1. The van der Waals surface area contributed by atoms with Crippen LogP contribution in [0.3, 0.4) is 0 Å². The molecule has 3 heterocycles. The normalized spacial score (nSPS) is 25.7. The largest absolute Gasteiger partial charge is 0.351 e. The maximum atomic E-state index is 13.8. The zero-order valence-electron chi connectivity index (χ0n) is 18.4. The standard InChI is InChI=1S/C25H28ClN3O2S/c1-16-7-9-18(10-8-16)27-24(31)25(2)15-28-20-11-12-32-22(20)13-21(28)23(30)29(25)14-17-5-3-4-6-19(17)26/h3-6,11-13,16,18H,7-10,14-15H2,1-2H3,(H,27,31). The van der Waals surface area contributed by atoms with Crippen LogP contribution in [-0.4, -0.2) is 32.9 Å². The monoisotopic (exact) mass is 469 g/mol. The molecule has 1 saturated carbocycles. The summed E-state index contributed by atoms with van der Waals surface area (Å²) < 4.78 is 3.08. The fourth-order valence-electron chi connectivity index (χ4n) is 5.06. The van der Waals surface area contributed by atoms with E-state index in [2.05, 4.69) is 12.2 Å². The summed E-state index contributed by atoms with van der Waals surface area (Å²) in [5.41, 5.74) is 1.48. The number of aromatic nitrogens is 1. The van der Waals surface area contributed by atoms with Crippen LogP contribution >= 0.6 is 22.9 Å². The van der Waals surface area contributed by atoms with E-state index >= 15 is 0 Å². The van der Waals surface area contributed by atoms with Gasteiger partial charge in [0.25, 0.3) is 5.91 Å². The zero-order chi connectivity index (χ0) is 22.5. The van der Waals surface area contributed by atoms with Crippen molar-refractivity contribution in [1.82, 2.24) is 14.8 Å². The average Bonchev–Trinajstić information content (AvgIpc) is 3.36. The van der Waals surface area contributed by atoms with Crippen molar-refractivity contribution in [3.05, 3.63) is 58.1 Å². The van der Waals surface area contributed by atoms with Crippen LogP contribution in [0.4, 0.5) is 0 Å². The molecular weight excluding hydrogens is 442 g/mol. The highest BCUT2D eigenvalue weighted by molar-refractivity contribution is 7.17. The number of benzene rings is 1. The summed E-state index contributed by atoms with van der Waals surface area (Å²) in [5.74, 6) is 0.496. The molecule has 0 bridgehead atoms. The van der Waals surface area contributed by atoms with E-state index in [4.69, 9.17) is 11.6 Å². The molecule has 0 saturated heterocycles. The van der Waals surface area contributed by atoms with E-state index in [-0.39, 0.29) is 17.9 Å². The van der Waals surface area contributed by atoms with Crippen LogP contribution < -0.4 is 5.32 Å². The Kier molecular flexibility index (Phi) is 5.54. The van der Waals surface area contributed by atoms with Gasteiger partial charge in [0.1, 0.15) is 11.2 Å². The Morgan fingerprint density at radius 2 is 1.97 bits per heavy atom. The molecule has 168 valence electrons. The minimum absolute atomic E-state index is 0.0832. The third-order valence-electron chi connectivity index (χ3n) is 7.18. The quantitative estimate of drug-likeness (QED) is 0.551. The van der Waals surface area contributed by atoms with Crippen LogP contribution in [0.25, 0.3) is 10.2 Å². The highest BCUT2D eigenvalue weighted by Crippen LogP contribution is 2.36. The lowest BCUT2D eigenvalue weighted by Gasteiger charge is -2.45. The van der Waals surface area contributed by atoms with Crippen LogP contribution in [0.2, 0.25) is 5.02 Å². The first-order valence-electron chi connectivity index (χ1n) is 11.3. The third-order valence-corrected chi connectivity index (χ3v) is 8.40. The van der Waals surface area contributed by atoms with Gasteiger partial charge in [0.15, 0.2) is 0 Å². The summed E-state index contributed by atoms with van der Waals surface area (Å²) in [6, 6.07) is 11.7.